The molecule has 1 saturated heterocycles. The zero-order chi connectivity index (χ0) is 16.2. The maximum absolute atomic E-state index is 11.6. The van der Waals surface area contributed by atoms with Gasteiger partial charge in [-0.1, -0.05) is 18.2 Å². The minimum absolute atomic E-state index is 0.301. The van der Waals surface area contributed by atoms with Gasteiger partial charge >= 0.3 is 6.03 Å². The van der Waals surface area contributed by atoms with Crippen LogP contribution in [0.1, 0.15) is 0 Å². The second-order valence-corrected chi connectivity index (χ2v) is 4.69. The first kappa shape index (κ1) is 14.6. The lowest BCUT2D eigenvalue weighted by Crippen LogP contribution is -2.60. The number of para-hydroxylation sites is 1. The smallest absolute Gasteiger partial charge is 0.328 e. The fraction of sp³-hybridized carbons (Fsp3) is 0.0625. The molecule has 0 aromatic heterocycles. The van der Waals surface area contributed by atoms with E-state index in [9.17, 15) is 14.4 Å². The van der Waals surface area contributed by atoms with Crippen molar-refractivity contribution in [1.82, 2.24) is 10.6 Å². The molecule has 2 aromatic carbocycles. The van der Waals surface area contributed by atoms with Gasteiger partial charge in [-0.3, -0.25) is 20.2 Å². The first-order valence-electron chi connectivity index (χ1n) is 6.77. The molecular formula is C16H12N2O5. The van der Waals surface area contributed by atoms with E-state index in [1.54, 1.807) is 24.3 Å². The summed E-state index contributed by atoms with van der Waals surface area (Å²) < 4.78 is 10.9. The van der Waals surface area contributed by atoms with E-state index in [4.69, 9.17) is 9.47 Å². The number of imide groups is 2. The van der Waals surface area contributed by atoms with Crippen LogP contribution in [0.2, 0.25) is 0 Å². The number of rotatable bonds is 4. The SMILES string of the molecule is O=C1NC(=O)C(Oc2ccc(Oc3ccccc3)cc2)C(=O)N1. The van der Waals surface area contributed by atoms with Crippen molar-refractivity contribution in [2.24, 2.45) is 0 Å². The number of barbiturate groups is 1. The molecule has 3 rings (SSSR count). The van der Waals surface area contributed by atoms with Crippen molar-refractivity contribution in [3.8, 4) is 17.2 Å². The summed E-state index contributed by atoms with van der Waals surface area (Å²) in [7, 11) is 0. The summed E-state index contributed by atoms with van der Waals surface area (Å²) in [5.74, 6) is -0.0382. The standard InChI is InChI=1S/C16H12N2O5/c19-14-13(15(20)18-16(21)17-14)23-12-8-6-11(7-9-12)22-10-4-2-1-3-5-10/h1-9,13H,(H2,17,18,19,20,21). The minimum Gasteiger partial charge on any atom is -0.471 e. The summed E-state index contributed by atoms with van der Waals surface area (Å²) in [6.45, 7) is 0. The van der Waals surface area contributed by atoms with Crippen LogP contribution in [0.15, 0.2) is 54.6 Å². The largest absolute Gasteiger partial charge is 0.471 e. The van der Waals surface area contributed by atoms with Gasteiger partial charge in [-0.05, 0) is 36.4 Å². The van der Waals surface area contributed by atoms with E-state index in [0.29, 0.717) is 17.2 Å². The van der Waals surface area contributed by atoms with Gasteiger partial charge < -0.3 is 9.47 Å². The van der Waals surface area contributed by atoms with Gasteiger partial charge in [-0.25, -0.2) is 4.79 Å². The summed E-state index contributed by atoms with van der Waals surface area (Å²) in [6, 6.07) is 14.8. The maximum Gasteiger partial charge on any atom is 0.328 e. The average Bonchev–Trinajstić information content (AvgIpc) is 2.53. The van der Waals surface area contributed by atoms with Gasteiger partial charge in [0.1, 0.15) is 17.2 Å². The molecule has 2 aromatic rings. The van der Waals surface area contributed by atoms with Crippen LogP contribution in [-0.2, 0) is 9.59 Å². The Morgan fingerprint density at radius 1 is 0.696 bits per heavy atom. The molecule has 0 aliphatic carbocycles. The Morgan fingerprint density at radius 3 is 1.83 bits per heavy atom. The highest BCUT2D eigenvalue weighted by atomic mass is 16.5. The molecule has 0 saturated carbocycles. The van der Waals surface area contributed by atoms with Crippen molar-refractivity contribution in [1.29, 1.82) is 0 Å². The summed E-state index contributed by atoms with van der Waals surface area (Å²) >= 11 is 0. The molecule has 2 N–H and O–H groups in total. The zero-order valence-electron chi connectivity index (χ0n) is 11.8. The van der Waals surface area contributed by atoms with Crippen LogP contribution in [-0.4, -0.2) is 23.9 Å². The molecule has 7 heteroatoms. The summed E-state index contributed by atoms with van der Waals surface area (Å²) in [5.41, 5.74) is 0. The molecule has 7 nitrogen and oxygen atoms in total. The summed E-state index contributed by atoms with van der Waals surface area (Å²) in [5, 5.41) is 3.93. The molecule has 0 radical (unpaired) electrons. The molecule has 0 unspecified atom stereocenters. The molecule has 0 atom stereocenters. The van der Waals surface area contributed by atoms with Gasteiger partial charge in [0.05, 0.1) is 0 Å². The third-order valence-corrected chi connectivity index (χ3v) is 3.01. The number of carbonyl (C=O) groups is 3. The first-order chi connectivity index (χ1) is 11.1. The van der Waals surface area contributed by atoms with Crippen LogP contribution < -0.4 is 20.1 Å². The number of amides is 4. The molecule has 0 bridgehead atoms. The fourth-order valence-electron chi connectivity index (χ4n) is 1.96. The quantitative estimate of drug-likeness (QED) is 0.836. The monoisotopic (exact) mass is 312 g/mol. The van der Waals surface area contributed by atoms with E-state index >= 15 is 0 Å². The highest BCUT2D eigenvalue weighted by Gasteiger charge is 2.36. The molecule has 1 aliphatic rings. The van der Waals surface area contributed by atoms with Crippen molar-refractivity contribution in [2.75, 3.05) is 0 Å². The third kappa shape index (κ3) is 3.46. The zero-order valence-corrected chi connectivity index (χ0v) is 11.8. The molecule has 116 valence electrons. The first-order valence-corrected chi connectivity index (χ1v) is 6.77. The lowest BCUT2D eigenvalue weighted by molar-refractivity contribution is -0.139. The van der Waals surface area contributed by atoms with Crippen molar-refractivity contribution >= 4 is 17.8 Å². The van der Waals surface area contributed by atoms with Crippen LogP contribution >= 0.6 is 0 Å². The predicted octanol–water partition coefficient (Wildman–Crippen LogP) is 1.59. The lowest BCUT2D eigenvalue weighted by Gasteiger charge is -2.21. The fourth-order valence-corrected chi connectivity index (χ4v) is 1.96. The predicted molar refractivity (Wildman–Crippen MR) is 79.1 cm³/mol. The van der Waals surface area contributed by atoms with Crippen molar-refractivity contribution in [2.45, 2.75) is 6.10 Å². The number of hydrogen-bond acceptors (Lipinski definition) is 5. The van der Waals surface area contributed by atoms with Gasteiger partial charge in [0.2, 0.25) is 0 Å². The van der Waals surface area contributed by atoms with Crippen LogP contribution in [0.3, 0.4) is 0 Å². The topological polar surface area (TPSA) is 93.7 Å². The maximum atomic E-state index is 11.6. The number of carbonyl (C=O) groups excluding carboxylic acids is 3. The van der Waals surface area contributed by atoms with Crippen molar-refractivity contribution in [3.63, 3.8) is 0 Å². The van der Waals surface area contributed by atoms with Crippen LogP contribution in [0.25, 0.3) is 0 Å². The number of hydrogen-bond donors (Lipinski definition) is 2. The minimum atomic E-state index is -1.41. The Kier molecular flexibility index (Phi) is 3.92. The highest BCUT2D eigenvalue weighted by Crippen LogP contribution is 2.24. The number of ether oxygens (including phenoxy) is 2. The Bertz CT molecular complexity index is 723. The molecule has 1 aliphatic heterocycles. The molecule has 1 fully saturated rings. The number of urea groups is 1. The van der Waals surface area contributed by atoms with E-state index in [1.807, 2.05) is 41.0 Å². The van der Waals surface area contributed by atoms with E-state index in [-0.39, 0.29) is 0 Å². The molecule has 0 spiro atoms. The Morgan fingerprint density at radius 2 is 1.22 bits per heavy atom. The normalized spacial score (nSPS) is 14.9. The van der Waals surface area contributed by atoms with E-state index < -0.39 is 23.9 Å². The van der Waals surface area contributed by atoms with Gasteiger partial charge in [-0.2, -0.15) is 0 Å². The van der Waals surface area contributed by atoms with Gasteiger partial charge in [-0.15, -0.1) is 0 Å². The Balaban J connectivity index is 1.67. The number of benzene rings is 2. The average molecular weight is 312 g/mol. The highest BCUT2D eigenvalue weighted by molar-refractivity contribution is 6.18. The van der Waals surface area contributed by atoms with Crippen molar-refractivity contribution in [3.05, 3.63) is 54.6 Å². The molecule has 1 heterocycles. The van der Waals surface area contributed by atoms with Crippen LogP contribution in [0.4, 0.5) is 4.79 Å². The van der Waals surface area contributed by atoms with Gasteiger partial charge in [0.25, 0.3) is 17.9 Å². The summed E-state index contributed by atoms with van der Waals surface area (Å²) in [6.07, 6.45) is -1.41. The van der Waals surface area contributed by atoms with E-state index in [1.165, 1.54) is 0 Å². The molecule has 4 amide bonds. The van der Waals surface area contributed by atoms with Crippen LogP contribution in [0, 0.1) is 0 Å². The van der Waals surface area contributed by atoms with E-state index in [2.05, 4.69) is 0 Å². The van der Waals surface area contributed by atoms with E-state index in [0.717, 1.165) is 0 Å². The van der Waals surface area contributed by atoms with Crippen molar-refractivity contribution < 1.29 is 23.9 Å². The Hall–Kier alpha value is -3.35. The third-order valence-electron chi connectivity index (χ3n) is 3.01. The van der Waals surface area contributed by atoms with Crippen LogP contribution in [0.5, 0.6) is 17.2 Å². The van der Waals surface area contributed by atoms with Gasteiger partial charge in [0.15, 0.2) is 0 Å². The second kappa shape index (κ2) is 6.18. The Labute approximate surface area is 131 Å². The lowest BCUT2D eigenvalue weighted by atomic mass is 10.2. The number of nitrogens with one attached hydrogen (secondary N) is 2. The molecular weight excluding hydrogens is 300 g/mol. The second-order valence-electron chi connectivity index (χ2n) is 4.69. The molecule has 23 heavy (non-hydrogen) atoms. The van der Waals surface area contributed by atoms with Gasteiger partial charge in [0, 0.05) is 0 Å². The summed E-state index contributed by atoms with van der Waals surface area (Å²) in [4.78, 5) is 34.1.